The maximum absolute atomic E-state index is 14.8. The van der Waals surface area contributed by atoms with Crippen LogP contribution in [0.1, 0.15) is 37.8 Å². The van der Waals surface area contributed by atoms with E-state index >= 15 is 0 Å². The average molecular weight is 350 g/mol. The first-order valence-electron chi connectivity index (χ1n) is 9.09. The molecule has 2 saturated heterocycles. The van der Waals surface area contributed by atoms with Crippen molar-refractivity contribution >= 4 is 11.7 Å². The lowest BCUT2D eigenvalue weighted by atomic mass is 9.75. The number of carbonyl (C=O) groups excluding carboxylic acids is 1. The van der Waals surface area contributed by atoms with Crippen molar-refractivity contribution in [3.05, 3.63) is 17.8 Å². The van der Waals surface area contributed by atoms with E-state index in [1.807, 2.05) is 24.0 Å². The molecular weight excluding hydrogens is 326 g/mol. The van der Waals surface area contributed by atoms with Gasteiger partial charge in [0.25, 0.3) is 5.92 Å². The van der Waals surface area contributed by atoms with Crippen LogP contribution >= 0.6 is 0 Å². The minimum Gasteiger partial charge on any atom is -0.354 e. The molecule has 1 atom stereocenters. The van der Waals surface area contributed by atoms with Gasteiger partial charge in [0, 0.05) is 39.0 Å². The van der Waals surface area contributed by atoms with Crippen molar-refractivity contribution < 1.29 is 13.6 Å². The molecule has 1 aromatic rings. The molecule has 0 aromatic carbocycles. The van der Waals surface area contributed by atoms with Gasteiger partial charge in [0.2, 0.25) is 5.91 Å². The maximum Gasteiger partial charge on any atom is 0.258 e. The number of amides is 1. The molecule has 1 aromatic heterocycles. The number of carbonyl (C=O) groups is 1. The number of rotatable bonds is 3. The molecule has 2 aliphatic heterocycles. The highest BCUT2D eigenvalue weighted by Gasteiger charge is 2.60. The molecule has 0 radical (unpaired) electrons. The smallest absolute Gasteiger partial charge is 0.258 e. The number of likely N-dealkylation sites (tertiary alicyclic amines) is 1. The third-order valence-corrected chi connectivity index (χ3v) is 5.94. The number of piperidine rings is 1. The molecular formula is C18H24F2N4O. The Morgan fingerprint density at radius 1 is 1.20 bits per heavy atom. The van der Waals surface area contributed by atoms with E-state index in [0.717, 1.165) is 18.5 Å². The van der Waals surface area contributed by atoms with Crippen molar-refractivity contribution in [2.45, 2.75) is 45.0 Å². The van der Waals surface area contributed by atoms with Gasteiger partial charge in [0.05, 0.1) is 11.1 Å². The first kappa shape index (κ1) is 16.7. The maximum atomic E-state index is 14.8. The van der Waals surface area contributed by atoms with E-state index in [2.05, 4.69) is 10.2 Å². The van der Waals surface area contributed by atoms with Crippen LogP contribution in [0.3, 0.4) is 0 Å². The first-order valence-corrected chi connectivity index (χ1v) is 9.09. The van der Waals surface area contributed by atoms with Crippen LogP contribution in [0.25, 0.3) is 0 Å². The summed E-state index contributed by atoms with van der Waals surface area (Å²) in [5.74, 6) is -1.59. The number of nitrogens with zero attached hydrogens (tertiary/aromatic N) is 4. The number of hydrogen-bond acceptors (Lipinski definition) is 4. The molecule has 1 amide bonds. The van der Waals surface area contributed by atoms with Gasteiger partial charge < -0.3 is 9.80 Å². The lowest BCUT2D eigenvalue weighted by Crippen LogP contribution is -2.58. The normalized spacial score (nSPS) is 28.6. The van der Waals surface area contributed by atoms with E-state index < -0.39 is 11.3 Å². The van der Waals surface area contributed by atoms with Gasteiger partial charge in [0.15, 0.2) is 5.82 Å². The molecule has 5 nitrogen and oxygen atoms in total. The van der Waals surface area contributed by atoms with E-state index in [4.69, 9.17) is 0 Å². The summed E-state index contributed by atoms with van der Waals surface area (Å²) in [6.45, 7) is 2.93. The minimum atomic E-state index is -2.75. The Balaban J connectivity index is 1.51. The number of aryl methyl sites for hydroxylation is 1. The lowest BCUT2D eigenvalue weighted by Gasteiger charge is -2.46. The second kappa shape index (κ2) is 5.88. The molecule has 1 saturated carbocycles. The summed E-state index contributed by atoms with van der Waals surface area (Å²) in [6.07, 6.45) is 2.86. The van der Waals surface area contributed by atoms with Crippen LogP contribution in [-0.2, 0) is 4.79 Å². The second-order valence-electron chi connectivity index (χ2n) is 7.90. The summed E-state index contributed by atoms with van der Waals surface area (Å²) >= 11 is 0. The van der Waals surface area contributed by atoms with Crippen LogP contribution in [-0.4, -0.2) is 53.1 Å². The fraction of sp³-hybridized carbons (Fsp3) is 0.722. The molecule has 3 heterocycles. The van der Waals surface area contributed by atoms with Crippen molar-refractivity contribution in [1.82, 2.24) is 15.1 Å². The van der Waals surface area contributed by atoms with Crippen molar-refractivity contribution in [2.75, 3.05) is 31.1 Å². The molecule has 0 bridgehead atoms. The van der Waals surface area contributed by atoms with Gasteiger partial charge in [-0.2, -0.15) is 5.10 Å². The number of anilines is 1. The molecule has 0 N–H and O–H groups in total. The third kappa shape index (κ3) is 3.09. The molecule has 0 unspecified atom stereocenters. The summed E-state index contributed by atoms with van der Waals surface area (Å²) in [7, 11) is 0. The summed E-state index contributed by atoms with van der Waals surface area (Å²) in [6, 6.07) is 3.68. The average Bonchev–Trinajstić information content (AvgIpc) is 3.28. The molecule has 3 fully saturated rings. The van der Waals surface area contributed by atoms with Crippen LogP contribution in [0.5, 0.6) is 0 Å². The molecule has 1 spiro atoms. The summed E-state index contributed by atoms with van der Waals surface area (Å²) in [4.78, 5) is 16.0. The molecule has 136 valence electrons. The highest BCUT2D eigenvalue weighted by Crippen LogP contribution is 2.50. The van der Waals surface area contributed by atoms with Gasteiger partial charge >= 0.3 is 0 Å². The predicted molar refractivity (Wildman–Crippen MR) is 89.5 cm³/mol. The SMILES string of the molecule is Cc1ccc(N2CC[C@]3(CN(C(=O)CC4CC4)CCC3(F)F)C2)nn1. The van der Waals surface area contributed by atoms with Crippen molar-refractivity contribution in [1.29, 1.82) is 0 Å². The van der Waals surface area contributed by atoms with Crippen LogP contribution in [0, 0.1) is 18.3 Å². The fourth-order valence-corrected chi connectivity index (χ4v) is 4.07. The van der Waals surface area contributed by atoms with Crippen LogP contribution in [0.2, 0.25) is 0 Å². The Labute approximate surface area is 146 Å². The Bertz CT molecular complexity index is 662. The Morgan fingerprint density at radius 3 is 2.68 bits per heavy atom. The van der Waals surface area contributed by atoms with E-state index in [1.54, 1.807) is 4.90 Å². The van der Waals surface area contributed by atoms with E-state index in [1.165, 1.54) is 0 Å². The van der Waals surface area contributed by atoms with Gasteiger partial charge in [-0.25, -0.2) is 8.78 Å². The van der Waals surface area contributed by atoms with E-state index in [9.17, 15) is 13.6 Å². The molecule has 4 rings (SSSR count). The van der Waals surface area contributed by atoms with Crippen LogP contribution in [0.15, 0.2) is 12.1 Å². The Morgan fingerprint density at radius 2 is 2.00 bits per heavy atom. The van der Waals surface area contributed by atoms with Gasteiger partial charge in [-0.1, -0.05) is 0 Å². The van der Waals surface area contributed by atoms with E-state index in [0.29, 0.717) is 31.1 Å². The summed E-state index contributed by atoms with van der Waals surface area (Å²) in [5, 5.41) is 8.17. The van der Waals surface area contributed by atoms with Gasteiger partial charge in [-0.15, -0.1) is 5.10 Å². The minimum absolute atomic E-state index is 0.0472. The largest absolute Gasteiger partial charge is 0.354 e. The van der Waals surface area contributed by atoms with Crippen LogP contribution < -0.4 is 4.90 Å². The van der Waals surface area contributed by atoms with Gasteiger partial charge in [-0.05, 0) is 44.2 Å². The summed E-state index contributed by atoms with van der Waals surface area (Å²) in [5.41, 5.74) is -0.366. The van der Waals surface area contributed by atoms with Crippen molar-refractivity contribution in [3.63, 3.8) is 0 Å². The van der Waals surface area contributed by atoms with E-state index in [-0.39, 0.29) is 32.0 Å². The van der Waals surface area contributed by atoms with Gasteiger partial charge in [0.1, 0.15) is 0 Å². The highest BCUT2D eigenvalue weighted by atomic mass is 19.3. The number of aromatic nitrogens is 2. The zero-order valence-electron chi connectivity index (χ0n) is 14.5. The number of hydrogen-bond donors (Lipinski definition) is 0. The zero-order chi connectivity index (χ0) is 17.7. The Kier molecular flexibility index (Phi) is 3.92. The standard InChI is InChI=1S/C18H24F2N4O/c1-13-2-5-15(22-21-13)23-8-6-17(11-23)12-24(9-7-18(17,19)20)16(25)10-14-3-4-14/h2,5,14H,3-4,6-12H2,1H3/t17-/m1/s1. The topological polar surface area (TPSA) is 49.3 Å². The molecule has 3 aliphatic rings. The lowest BCUT2D eigenvalue weighted by molar-refractivity contribution is -0.169. The third-order valence-electron chi connectivity index (χ3n) is 5.94. The van der Waals surface area contributed by atoms with Crippen molar-refractivity contribution in [2.24, 2.45) is 11.3 Å². The Hall–Kier alpha value is -1.79. The highest BCUT2D eigenvalue weighted by molar-refractivity contribution is 5.77. The predicted octanol–water partition coefficient (Wildman–Crippen LogP) is 2.65. The van der Waals surface area contributed by atoms with Crippen molar-refractivity contribution in [3.8, 4) is 0 Å². The second-order valence-corrected chi connectivity index (χ2v) is 7.90. The molecule has 1 aliphatic carbocycles. The summed E-state index contributed by atoms with van der Waals surface area (Å²) < 4.78 is 29.7. The van der Waals surface area contributed by atoms with Gasteiger partial charge in [-0.3, -0.25) is 4.79 Å². The first-order chi connectivity index (χ1) is 11.9. The molecule has 25 heavy (non-hydrogen) atoms. The molecule has 7 heteroatoms. The zero-order valence-corrected chi connectivity index (χ0v) is 14.5. The van der Waals surface area contributed by atoms with Crippen LogP contribution in [0.4, 0.5) is 14.6 Å². The quantitative estimate of drug-likeness (QED) is 0.841. The monoisotopic (exact) mass is 350 g/mol. The fourth-order valence-electron chi connectivity index (χ4n) is 4.07. The number of halogens is 2. The number of alkyl halides is 2.